The van der Waals surface area contributed by atoms with Crippen LogP contribution in [-0.2, 0) is 35.6 Å². The zero-order chi connectivity index (χ0) is 37.1. The fourth-order valence-corrected chi connectivity index (χ4v) is 8.13. The number of aromatic nitrogens is 1. The SMILES string of the molecule is C=C[C@@H]1C[C@]1(NC(=O)[C@H]1C[C@@H](Oc2nccc3c4c(ccc23)CCO4)CN1C(=O)[C@@H](NC(=O)OC(C)(C)C)C(C)(C)C)C(=O)NS(=O)(=O)C1CC1. The summed E-state index contributed by atoms with van der Waals surface area (Å²) in [5, 5.41) is 6.40. The standard InChI is InChI=1S/C36H47N5O9S/c1-8-21-18-36(21,32(44)40-51(46,47)23-10-11-23)39-29(42)26-17-22(49-30-25-12-9-20-14-16-48-27(20)24(25)13-15-37-30)19-41(26)31(43)28(34(2,3)4)38-33(45)50-35(5,6)7/h8-9,12-13,15,21-23,26,28H,1,10-11,14,16-19H2,2-7H3,(H,38,45)(H,39,42)(H,40,44)/t21-,22-,26-,28-,36-/m1/s1. The van der Waals surface area contributed by atoms with Gasteiger partial charge in [0.05, 0.1) is 18.4 Å². The van der Waals surface area contributed by atoms with Crippen molar-refractivity contribution < 1.29 is 41.8 Å². The number of rotatable bonds is 10. The third-order valence-corrected chi connectivity index (χ3v) is 11.5. The van der Waals surface area contributed by atoms with Crippen molar-refractivity contribution in [2.75, 3.05) is 13.2 Å². The Morgan fingerprint density at radius 2 is 1.82 bits per heavy atom. The quantitative estimate of drug-likeness (QED) is 0.308. The number of carbonyl (C=O) groups excluding carboxylic acids is 4. The molecule has 15 heteroatoms. The molecule has 1 saturated heterocycles. The number of carbonyl (C=O) groups is 4. The summed E-state index contributed by atoms with van der Waals surface area (Å²) in [6.45, 7) is 14.8. The predicted octanol–water partition coefficient (Wildman–Crippen LogP) is 3.13. The molecule has 3 heterocycles. The van der Waals surface area contributed by atoms with Crippen LogP contribution >= 0.6 is 0 Å². The molecule has 3 N–H and O–H groups in total. The van der Waals surface area contributed by atoms with E-state index in [1.54, 1.807) is 47.7 Å². The van der Waals surface area contributed by atoms with Gasteiger partial charge in [-0.25, -0.2) is 18.2 Å². The second-order valence-electron chi connectivity index (χ2n) is 16.0. The van der Waals surface area contributed by atoms with Gasteiger partial charge in [-0.15, -0.1) is 6.58 Å². The topological polar surface area (TPSA) is 182 Å². The number of hydrogen-bond acceptors (Lipinski definition) is 10. The van der Waals surface area contributed by atoms with Crippen molar-refractivity contribution in [2.45, 2.75) is 108 Å². The largest absolute Gasteiger partial charge is 0.492 e. The number of likely N-dealkylation sites (tertiary alicyclic amines) is 1. The highest BCUT2D eigenvalue weighted by molar-refractivity contribution is 7.91. The molecule has 3 fully saturated rings. The molecular formula is C36H47N5O9S. The molecule has 4 amide bonds. The van der Waals surface area contributed by atoms with E-state index in [0.717, 1.165) is 23.1 Å². The van der Waals surface area contributed by atoms with Crippen LogP contribution in [0.3, 0.4) is 0 Å². The van der Waals surface area contributed by atoms with Crippen LogP contribution in [0.5, 0.6) is 11.6 Å². The average Bonchev–Trinajstić information content (AvgIpc) is 3.92. The third-order valence-electron chi connectivity index (χ3n) is 9.71. The first kappa shape index (κ1) is 36.4. The maximum atomic E-state index is 14.5. The lowest BCUT2D eigenvalue weighted by molar-refractivity contribution is -0.143. The van der Waals surface area contributed by atoms with Gasteiger partial charge in [0, 0.05) is 35.7 Å². The molecule has 0 unspecified atom stereocenters. The number of fused-ring (bicyclic) bond motifs is 3. The van der Waals surface area contributed by atoms with Crippen molar-refractivity contribution in [1.29, 1.82) is 0 Å². The fourth-order valence-electron chi connectivity index (χ4n) is 6.76. The predicted molar refractivity (Wildman–Crippen MR) is 187 cm³/mol. The molecule has 5 atom stereocenters. The first-order valence-electron chi connectivity index (χ1n) is 17.3. The number of alkyl carbamates (subject to hydrolysis) is 1. The van der Waals surface area contributed by atoms with Gasteiger partial charge in [-0.05, 0) is 63.1 Å². The van der Waals surface area contributed by atoms with Gasteiger partial charge in [-0.3, -0.25) is 19.1 Å². The van der Waals surface area contributed by atoms with E-state index in [4.69, 9.17) is 14.2 Å². The van der Waals surface area contributed by atoms with E-state index in [1.165, 1.54) is 11.0 Å². The Bertz CT molecular complexity index is 1880. The Labute approximate surface area is 298 Å². The first-order chi connectivity index (χ1) is 23.8. The second kappa shape index (κ2) is 13.0. The zero-order valence-electron chi connectivity index (χ0n) is 29.9. The molecular weight excluding hydrogens is 678 g/mol. The summed E-state index contributed by atoms with van der Waals surface area (Å²) in [5.41, 5.74) is -2.10. The molecule has 2 aliphatic carbocycles. The van der Waals surface area contributed by atoms with Gasteiger partial charge in [-0.2, -0.15) is 0 Å². The number of hydrogen-bond donors (Lipinski definition) is 3. The van der Waals surface area contributed by atoms with Crippen LogP contribution in [0.2, 0.25) is 0 Å². The Kier molecular flexibility index (Phi) is 9.26. The molecule has 1 aromatic heterocycles. The number of nitrogens with zero attached hydrogens (tertiary/aromatic N) is 2. The maximum absolute atomic E-state index is 14.5. The minimum atomic E-state index is -3.90. The highest BCUT2D eigenvalue weighted by atomic mass is 32.2. The summed E-state index contributed by atoms with van der Waals surface area (Å²) in [5.74, 6) is -1.51. The normalized spacial score (nSPS) is 24.9. The van der Waals surface area contributed by atoms with Crippen LogP contribution in [0.4, 0.5) is 4.79 Å². The molecule has 14 nitrogen and oxygen atoms in total. The van der Waals surface area contributed by atoms with E-state index in [9.17, 15) is 27.6 Å². The Hall–Kier alpha value is -4.40. The lowest BCUT2D eigenvalue weighted by Crippen LogP contribution is -2.60. The Morgan fingerprint density at radius 3 is 2.45 bits per heavy atom. The van der Waals surface area contributed by atoms with Gasteiger partial charge in [0.15, 0.2) is 0 Å². The molecule has 0 radical (unpaired) electrons. The summed E-state index contributed by atoms with van der Waals surface area (Å²) >= 11 is 0. The summed E-state index contributed by atoms with van der Waals surface area (Å²) in [4.78, 5) is 60.9. The highest BCUT2D eigenvalue weighted by Crippen LogP contribution is 2.46. The van der Waals surface area contributed by atoms with E-state index in [2.05, 4.69) is 26.9 Å². The van der Waals surface area contributed by atoms with Crippen LogP contribution in [0.1, 0.15) is 72.8 Å². The van der Waals surface area contributed by atoms with Crippen molar-refractivity contribution in [3.63, 3.8) is 0 Å². The van der Waals surface area contributed by atoms with Crippen LogP contribution in [-0.4, -0.2) is 89.8 Å². The minimum Gasteiger partial charge on any atom is -0.492 e. The summed E-state index contributed by atoms with van der Waals surface area (Å²) in [6.07, 6.45) is 3.49. The molecule has 0 spiro atoms. The van der Waals surface area contributed by atoms with E-state index >= 15 is 0 Å². The van der Waals surface area contributed by atoms with Gasteiger partial charge >= 0.3 is 6.09 Å². The van der Waals surface area contributed by atoms with Gasteiger partial charge in [-0.1, -0.05) is 32.9 Å². The number of sulfonamides is 1. The molecule has 4 aliphatic rings. The molecule has 1 aromatic carbocycles. The highest BCUT2D eigenvalue weighted by Gasteiger charge is 2.62. The van der Waals surface area contributed by atoms with Crippen molar-refractivity contribution >= 4 is 44.6 Å². The van der Waals surface area contributed by atoms with E-state index in [0.29, 0.717) is 30.7 Å². The van der Waals surface area contributed by atoms with Gasteiger partial charge in [0.25, 0.3) is 5.91 Å². The van der Waals surface area contributed by atoms with Crippen molar-refractivity contribution in [3.8, 4) is 11.6 Å². The molecule has 0 bridgehead atoms. The van der Waals surface area contributed by atoms with E-state index in [1.807, 2.05) is 18.2 Å². The summed E-state index contributed by atoms with van der Waals surface area (Å²) < 4.78 is 45.3. The first-order valence-corrected chi connectivity index (χ1v) is 18.9. The molecule has 51 heavy (non-hydrogen) atoms. The van der Waals surface area contributed by atoms with Crippen molar-refractivity contribution in [3.05, 3.63) is 42.6 Å². The minimum absolute atomic E-state index is 0.0250. The number of nitrogens with one attached hydrogen (secondary N) is 3. The number of ether oxygens (including phenoxy) is 3. The molecule has 2 saturated carbocycles. The molecule has 6 rings (SSSR count). The maximum Gasteiger partial charge on any atom is 0.408 e. The number of pyridine rings is 1. The van der Waals surface area contributed by atoms with E-state index < -0.39 is 79.7 Å². The van der Waals surface area contributed by atoms with Gasteiger partial charge in [0.1, 0.15) is 35.1 Å². The smallest absolute Gasteiger partial charge is 0.408 e. The van der Waals surface area contributed by atoms with Crippen LogP contribution in [0.25, 0.3) is 10.8 Å². The lowest BCUT2D eigenvalue weighted by atomic mass is 9.85. The van der Waals surface area contributed by atoms with Gasteiger partial charge in [0.2, 0.25) is 27.7 Å². The zero-order valence-corrected chi connectivity index (χ0v) is 30.7. The monoisotopic (exact) mass is 725 g/mol. The summed E-state index contributed by atoms with van der Waals surface area (Å²) in [6, 6.07) is 3.47. The van der Waals surface area contributed by atoms with Crippen molar-refractivity contribution in [1.82, 2.24) is 25.2 Å². The van der Waals surface area contributed by atoms with Crippen molar-refractivity contribution in [2.24, 2.45) is 11.3 Å². The van der Waals surface area contributed by atoms with E-state index in [-0.39, 0.29) is 19.4 Å². The van der Waals surface area contributed by atoms with Crippen LogP contribution in [0, 0.1) is 11.3 Å². The molecule has 2 aliphatic heterocycles. The number of amides is 4. The lowest BCUT2D eigenvalue weighted by Gasteiger charge is -2.36. The molecule has 276 valence electrons. The molecule has 2 aromatic rings. The third kappa shape index (κ3) is 7.49. The Balaban J connectivity index is 1.29. The van der Waals surface area contributed by atoms with Crippen LogP contribution in [0.15, 0.2) is 37.1 Å². The second-order valence-corrected chi connectivity index (χ2v) is 17.9. The summed E-state index contributed by atoms with van der Waals surface area (Å²) in [7, 11) is -3.90. The Morgan fingerprint density at radius 1 is 1.10 bits per heavy atom. The fraction of sp³-hybridized carbons (Fsp3) is 0.583. The van der Waals surface area contributed by atoms with Crippen LogP contribution < -0.4 is 24.8 Å². The van der Waals surface area contributed by atoms with Gasteiger partial charge < -0.3 is 29.7 Å². The average molecular weight is 726 g/mol. The number of benzene rings is 1.